The molecule has 0 bridgehead atoms. The van der Waals surface area contributed by atoms with Crippen LogP contribution in [0.5, 0.6) is 0 Å². The molecule has 0 aromatic heterocycles. The maximum absolute atomic E-state index is 12.5. The number of hydrogen-bond acceptors (Lipinski definition) is 8. The highest BCUT2D eigenvalue weighted by Gasteiger charge is 2.91. The SMILES string of the molecule is CC[C@@H](C)C(=O)O[C@H]1C[C@@](C)(O)[C@]23O[C@H]2C[C@](C)(O)[C@]3(O)[C@H]2OC(=O)[C@@H](C)[C@H]12. The molecule has 1 spiro atoms. The molecule has 8 nitrogen and oxygen atoms in total. The molecule has 0 aromatic rings. The predicted octanol–water partition coefficient (Wildman–Crippen LogP) is 0.300. The summed E-state index contributed by atoms with van der Waals surface area (Å²) in [6, 6.07) is 0. The van der Waals surface area contributed by atoms with Crippen molar-refractivity contribution >= 4 is 11.9 Å². The maximum atomic E-state index is 12.5. The first-order valence-electron chi connectivity index (χ1n) is 10.1. The highest BCUT2D eigenvalue weighted by molar-refractivity contribution is 5.76. The van der Waals surface area contributed by atoms with Crippen LogP contribution in [0.2, 0.25) is 0 Å². The largest absolute Gasteiger partial charge is 0.462 e. The Balaban J connectivity index is 1.81. The van der Waals surface area contributed by atoms with Gasteiger partial charge in [-0.15, -0.1) is 0 Å². The lowest BCUT2D eigenvalue weighted by Gasteiger charge is -2.47. The number of fused-ring (bicyclic) bond motifs is 2. The van der Waals surface area contributed by atoms with Crippen molar-refractivity contribution < 1.29 is 39.1 Å². The molecule has 0 radical (unpaired) electrons. The van der Waals surface area contributed by atoms with Gasteiger partial charge < -0.3 is 29.5 Å². The Morgan fingerprint density at radius 3 is 2.50 bits per heavy atom. The average molecular weight is 398 g/mol. The Bertz CT molecular complexity index is 717. The van der Waals surface area contributed by atoms with Crippen molar-refractivity contribution in [2.45, 2.75) is 94.6 Å². The topological polar surface area (TPSA) is 126 Å². The van der Waals surface area contributed by atoms with Gasteiger partial charge in [0, 0.05) is 18.8 Å². The van der Waals surface area contributed by atoms with Gasteiger partial charge >= 0.3 is 11.9 Å². The number of aliphatic hydroxyl groups is 3. The van der Waals surface area contributed by atoms with E-state index in [1.807, 2.05) is 6.92 Å². The second-order valence-corrected chi connectivity index (χ2v) is 9.57. The molecular weight excluding hydrogens is 368 g/mol. The molecule has 0 amide bonds. The second-order valence-electron chi connectivity index (χ2n) is 9.57. The summed E-state index contributed by atoms with van der Waals surface area (Å²) in [5.74, 6) is -2.65. The van der Waals surface area contributed by atoms with Crippen LogP contribution in [0.4, 0.5) is 0 Å². The number of rotatable bonds is 3. The normalized spacial score (nSPS) is 55.4. The second kappa shape index (κ2) is 5.68. The molecule has 0 aromatic carbocycles. The lowest BCUT2D eigenvalue weighted by atomic mass is 9.68. The number of carbonyl (C=O) groups is 2. The van der Waals surface area contributed by atoms with Crippen LogP contribution in [0.15, 0.2) is 0 Å². The molecular formula is C20H30O8. The van der Waals surface area contributed by atoms with E-state index >= 15 is 0 Å². The first kappa shape index (κ1) is 20.1. The minimum absolute atomic E-state index is 0.0216. The summed E-state index contributed by atoms with van der Waals surface area (Å²) < 4.78 is 17.1. The number of hydrogen-bond donors (Lipinski definition) is 3. The predicted molar refractivity (Wildman–Crippen MR) is 94.9 cm³/mol. The van der Waals surface area contributed by atoms with Gasteiger partial charge in [0.2, 0.25) is 0 Å². The number of ether oxygens (including phenoxy) is 3. The van der Waals surface area contributed by atoms with Crippen molar-refractivity contribution in [1.29, 1.82) is 0 Å². The number of epoxide rings is 1. The van der Waals surface area contributed by atoms with Crippen LogP contribution in [-0.4, -0.2) is 68.0 Å². The van der Waals surface area contributed by atoms with E-state index in [2.05, 4.69) is 0 Å². The van der Waals surface area contributed by atoms with E-state index in [1.165, 1.54) is 13.8 Å². The van der Waals surface area contributed by atoms with Gasteiger partial charge in [-0.1, -0.05) is 20.8 Å². The van der Waals surface area contributed by atoms with Gasteiger partial charge in [-0.2, -0.15) is 0 Å². The highest BCUT2D eigenvalue weighted by atomic mass is 16.7. The van der Waals surface area contributed by atoms with Crippen LogP contribution in [0.1, 0.15) is 53.9 Å². The van der Waals surface area contributed by atoms with Crippen LogP contribution in [0.25, 0.3) is 0 Å². The Hall–Kier alpha value is -1.22. The summed E-state index contributed by atoms with van der Waals surface area (Å²) in [4.78, 5) is 25.0. The molecule has 4 aliphatic rings. The first-order valence-corrected chi connectivity index (χ1v) is 10.1. The van der Waals surface area contributed by atoms with Crippen LogP contribution in [0.3, 0.4) is 0 Å². The van der Waals surface area contributed by atoms with Gasteiger partial charge in [-0.05, 0) is 20.3 Å². The van der Waals surface area contributed by atoms with Crippen LogP contribution in [0, 0.1) is 17.8 Å². The van der Waals surface area contributed by atoms with Gasteiger partial charge in [0.05, 0.1) is 23.5 Å². The van der Waals surface area contributed by atoms with Gasteiger partial charge in [-0.25, -0.2) is 0 Å². The fourth-order valence-corrected chi connectivity index (χ4v) is 5.87. The zero-order valence-corrected chi connectivity index (χ0v) is 17.0. The Kier molecular flexibility index (Phi) is 4.07. The fraction of sp³-hybridized carbons (Fsp3) is 0.900. The molecule has 8 heteroatoms. The quantitative estimate of drug-likeness (QED) is 0.458. The summed E-state index contributed by atoms with van der Waals surface area (Å²) in [7, 11) is 0. The summed E-state index contributed by atoms with van der Waals surface area (Å²) in [5, 5.41) is 34.3. The Labute approximate surface area is 164 Å². The summed E-state index contributed by atoms with van der Waals surface area (Å²) in [6.07, 6.45) is -1.89. The van der Waals surface area contributed by atoms with Gasteiger partial charge in [0.25, 0.3) is 0 Å². The molecule has 10 atom stereocenters. The summed E-state index contributed by atoms with van der Waals surface area (Å²) >= 11 is 0. The lowest BCUT2D eigenvalue weighted by Crippen LogP contribution is -2.70. The van der Waals surface area contributed by atoms with Crippen molar-refractivity contribution in [3.63, 3.8) is 0 Å². The molecule has 2 heterocycles. The molecule has 0 unspecified atom stereocenters. The van der Waals surface area contributed by atoms with Gasteiger partial charge in [0.1, 0.15) is 17.8 Å². The van der Waals surface area contributed by atoms with E-state index in [1.54, 1.807) is 13.8 Å². The van der Waals surface area contributed by atoms with Crippen molar-refractivity contribution in [2.75, 3.05) is 0 Å². The van der Waals surface area contributed by atoms with Gasteiger partial charge in [0.15, 0.2) is 11.2 Å². The minimum Gasteiger partial charge on any atom is -0.462 e. The highest BCUT2D eigenvalue weighted by Crippen LogP contribution is 2.70. The van der Waals surface area contributed by atoms with Crippen molar-refractivity contribution in [1.82, 2.24) is 0 Å². The van der Waals surface area contributed by atoms with Crippen LogP contribution < -0.4 is 0 Å². The number of esters is 2. The molecule has 2 aliphatic heterocycles. The number of carbonyl (C=O) groups excluding carboxylic acids is 2. The van der Waals surface area contributed by atoms with E-state index in [4.69, 9.17) is 14.2 Å². The van der Waals surface area contributed by atoms with Crippen LogP contribution >= 0.6 is 0 Å². The van der Waals surface area contributed by atoms with Crippen molar-refractivity contribution in [3.05, 3.63) is 0 Å². The van der Waals surface area contributed by atoms with Crippen molar-refractivity contribution in [2.24, 2.45) is 17.8 Å². The fourth-order valence-electron chi connectivity index (χ4n) is 5.87. The van der Waals surface area contributed by atoms with E-state index < -0.39 is 64.5 Å². The van der Waals surface area contributed by atoms with Gasteiger partial charge in [-0.3, -0.25) is 9.59 Å². The first-order chi connectivity index (χ1) is 12.8. The smallest absolute Gasteiger partial charge is 0.309 e. The van der Waals surface area contributed by atoms with E-state index in [9.17, 15) is 24.9 Å². The van der Waals surface area contributed by atoms with Crippen LogP contribution in [-0.2, 0) is 23.8 Å². The molecule has 4 fully saturated rings. The third-order valence-electron chi connectivity index (χ3n) is 7.76. The molecule has 2 saturated heterocycles. The molecule has 28 heavy (non-hydrogen) atoms. The zero-order valence-electron chi connectivity index (χ0n) is 17.0. The Morgan fingerprint density at radius 2 is 1.89 bits per heavy atom. The molecule has 2 aliphatic carbocycles. The third-order valence-corrected chi connectivity index (χ3v) is 7.76. The maximum Gasteiger partial charge on any atom is 0.309 e. The third kappa shape index (κ3) is 2.15. The summed E-state index contributed by atoms with van der Waals surface area (Å²) in [6.45, 7) is 8.27. The average Bonchev–Trinajstić information content (AvgIpc) is 3.20. The monoisotopic (exact) mass is 398 g/mol. The molecule has 3 N–H and O–H groups in total. The van der Waals surface area contributed by atoms with E-state index in [-0.39, 0.29) is 18.8 Å². The minimum atomic E-state index is -2.02. The lowest BCUT2D eigenvalue weighted by molar-refractivity contribution is -0.250. The Morgan fingerprint density at radius 1 is 1.25 bits per heavy atom. The van der Waals surface area contributed by atoms with E-state index in [0.29, 0.717) is 6.42 Å². The standard InChI is InChI=1S/C20H30O8/c1-6-9(2)15(21)26-11-7-18(5,24)20-12(28-20)8-17(4,23)19(20,25)14-13(11)10(3)16(22)27-14/h9-14,23-25H,6-8H2,1-5H3/t9-,10+,11+,12+,13-,14+,17+,18-,19-,20-/m1/s1. The molecule has 2 saturated carbocycles. The summed E-state index contributed by atoms with van der Waals surface area (Å²) in [5.41, 5.74) is -6.72. The molecule has 158 valence electrons. The zero-order chi connectivity index (χ0) is 20.9. The van der Waals surface area contributed by atoms with Crippen molar-refractivity contribution in [3.8, 4) is 0 Å². The molecule has 4 rings (SSSR count). The van der Waals surface area contributed by atoms with E-state index in [0.717, 1.165) is 0 Å².